The standard InChI is InChI=1S/C18H17N3O2S2/c1-23-10-9-21-17(22)14-12-15(13-6-3-2-4-7-13)25-16(14)20-18(21)24-11-5-8-19/h2-4,6-7,12H,5,9-11H2,1H3. The zero-order valence-corrected chi connectivity index (χ0v) is 15.4. The lowest BCUT2D eigenvalue weighted by Crippen LogP contribution is -2.24. The van der Waals surface area contributed by atoms with Crippen LogP contribution in [0.4, 0.5) is 0 Å². The molecule has 25 heavy (non-hydrogen) atoms. The van der Waals surface area contributed by atoms with Crippen molar-refractivity contribution in [3.05, 3.63) is 46.8 Å². The molecule has 128 valence electrons. The molecule has 0 aliphatic heterocycles. The van der Waals surface area contributed by atoms with Crippen LogP contribution < -0.4 is 5.56 Å². The van der Waals surface area contributed by atoms with E-state index in [0.29, 0.717) is 35.9 Å². The van der Waals surface area contributed by atoms with Crippen molar-refractivity contribution < 1.29 is 4.74 Å². The number of hydrogen-bond acceptors (Lipinski definition) is 6. The van der Waals surface area contributed by atoms with Crippen LogP contribution in [-0.2, 0) is 11.3 Å². The molecule has 0 bridgehead atoms. The van der Waals surface area contributed by atoms with Gasteiger partial charge in [-0.15, -0.1) is 11.3 Å². The van der Waals surface area contributed by atoms with Crippen LogP contribution in [0.15, 0.2) is 46.3 Å². The van der Waals surface area contributed by atoms with Crippen LogP contribution in [0.25, 0.3) is 20.7 Å². The average molecular weight is 371 g/mol. The number of ether oxygens (including phenoxy) is 1. The molecular formula is C18H17N3O2S2. The van der Waals surface area contributed by atoms with Crippen molar-refractivity contribution in [3.8, 4) is 16.5 Å². The molecular weight excluding hydrogens is 354 g/mol. The van der Waals surface area contributed by atoms with Crippen LogP contribution in [0.3, 0.4) is 0 Å². The number of hydrogen-bond donors (Lipinski definition) is 0. The number of rotatable bonds is 7. The maximum atomic E-state index is 12.9. The topological polar surface area (TPSA) is 67.9 Å². The summed E-state index contributed by atoms with van der Waals surface area (Å²) < 4.78 is 6.77. The van der Waals surface area contributed by atoms with Crippen LogP contribution in [0, 0.1) is 11.3 Å². The maximum Gasteiger partial charge on any atom is 0.263 e. The van der Waals surface area contributed by atoms with Crippen LogP contribution in [0.2, 0.25) is 0 Å². The van der Waals surface area contributed by atoms with Crippen molar-refractivity contribution in [2.45, 2.75) is 18.1 Å². The highest BCUT2D eigenvalue weighted by Gasteiger charge is 2.15. The van der Waals surface area contributed by atoms with E-state index in [2.05, 4.69) is 11.1 Å². The van der Waals surface area contributed by atoms with E-state index in [1.165, 1.54) is 23.1 Å². The number of thiophene rings is 1. The second-order valence-corrected chi connectivity index (χ2v) is 7.39. The van der Waals surface area contributed by atoms with Gasteiger partial charge in [-0.1, -0.05) is 42.1 Å². The molecule has 0 unspecified atom stereocenters. The van der Waals surface area contributed by atoms with Crippen LogP contribution in [-0.4, -0.2) is 29.0 Å². The lowest BCUT2D eigenvalue weighted by atomic mass is 10.2. The van der Waals surface area contributed by atoms with Gasteiger partial charge in [-0.2, -0.15) is 5.26 Å². The third-order valence-electron chi connectivity index (χ3n) is 3.64. The summed E-state index contributed by atoms with van der Waals surface area (Å²) in [6, 6.07) is 14.0. The Morgan fingerprint density at radius 2 is 2.16 bits per heavy atom. The van der Waals surface area contributed by atoms with Gasteiger partial charge in [-0.3, -0.25) is 9.36 Å². The summed E-state index contributed by atoms with van der Waals surface area (Å²) in [5.74, 6) is 0.609. The highest BCUT2D eigenvalue weighted by molar-refractivity contribution is 7.99. The fourth-order valence-corrected chi connectivity index (χ4v) is 4.37. The van der Waals surface area contributed by atoms with Crippen molar-refractivity contribution in [1.82, 2.24) is 9.55 Å². The van der Waals surface area contributed by atoms with Gasteiger partial charge in [0.05, 0.1) is 24.6 Å². The lowest BCUT2D eigenvalue weighted by Gasteiger charge is -2.10. The Kier molecular flexibility index (Phi) is 5.87. The Morgan fingerprint density at radius 1 is 1.36 bits per heavy atom. The van der Waals surface area contributed by atoms with Crippen molar-refractivity contribution in [2.24, 2.45) is 0 Å². The smallest absolute Gasteiger partial charge is 0.263 e. The minimum absolute atomic E-state index is 0.0556. The molecule has 3 rings (SSSR count). The number of thioether (sulfide) groups is 1. The molecule has 0 amide bonds. The van der Waals surface area contributed by atoms with E-state index >= 15 is 0 Å². The number of aromatic nitrogens is 2. The molecule has 0 atom stereocenters. The number of methoxy groups -OCH3 is 1. The van der Waals surface area contributed by atoms with Crippen molar-refractivity contribution in [3.63, 3.8) is 0 Å². The van der Waals surface area contributed by atoms with E-state index in [4.69, 9.17) is 10.00 Å². The third kappa shape index (κ3) is 3.93. The molecule has 0 saturated carbocycles. The number of nitrogens with zero attached hydrogens (tertiary/aromatic N) is 3. The fourth-order valence-electron chi connectivity index (χ4n) is 2.42. The van der Waals surface area contributed by atoms with Gasteiger partial charge in [0.15, 0.2) is 5.16 Å². The molecule has 0 fully saturated rings. The number of nitriles is 1. The molecule has 2 heterocycles. The highest BCUT2D eigenvalue weighted by atomic mass is 32.2. The van der Waals surface area contributed by atoms with Crippen molar-refractivity contribution in [1.29, 1.82) is 5.26 Å². The minimum atomic E-state index is -0.0556. The zero-order valence-electron chi connectivity index (χ0n) is 13.8. The van der Waals surface area contributed by atoms with Gasteiger partial charge in [-0.05, 0) is 11.6 Å². The minimum Gasteiger partial charge on any atom is -0.383 e. The van der Waals surface area contributed by atoms with Crippen molar-refractivity contribution in [2.75, 3.05) is 19.5 Å². The fraction of sp³-hybridized carbons (Fsp3) is 0.278. The second kappa shape index (κ2) is 8.30. The summed E-state index contributed by atoms with van der Waals surface area (Å²) in [7, 11) is 1.61. The van der Waals surface area contributed by atoms with Crippen LogP contribution in [0.1, 0.15) is 6.42 Å². The number of fused-ring (bicyclic) bond motifs is 1. The first kappa shape index (κ1) is 17.7. The molecule has 5 nitrogen and oxygen atoms in total. The molecule has 0 aliphatic rings. The van der Waals surface area contributed by atoms with Gasteiger partial charge in [0.1, 0.15) is 4.83 Å². The zero-order chi connectivity index (χ0) is 17.6. The molecule has 0 N–H and O–H groups in total. The monoisotopic (exact) mass is 371 g/mol. The normalized spacial score (nSPS) is 10.9. The second-order valence-electron chi connectivity index (χ2n) is 5.30. The Bertz CT molecular complexity index is 958. The van der Waals surface area contributed by atoms with Crippen LogP contribution in [0.5, 0.6) is 0 Å². The van der Waals surface area contributed by atoms with E-state index < -0.39 is 0 Å². The van der Waals surface area contributed by atoms with Gasteiger partial charge in [0.2, 0.25) is 0 Å². The van der Waals surface area contributed by atoms with Gasteiger partial charge in [-0.25, -0.2) is 4.98 Å². The lowest BCUT2D eigenvalue weighted by molar-refractivity contribution is 0.183. The molecule has 0 radical (unpaired) electrons. The molecule has 1 aromatic carbocycles. The van der Waals surface area contributed by atoms with E-state index in [1.807, 2.05) is 36.4 Å². The Morgan fingerprint density at radius 3 is 2.88 bits per heavy atom. The predicted molar refractivity (Wildman–Crippen MR) is 102 cm³/mol. The summed E-state index contributed by atoms with van der Waals surface area (Å²) in [5, 5.41) is 10.0. The van der Waals surface area contributed by atoms with Gasteiger partial charge < -0.3 is 4.74 Å². The summed E-state index contributed by atoms with van der Waals surface area (Å²) in [6.07, 6.45) is 0.419. The first-order valence-corrected chi connectivity index (χ1v) is 9.63. The molecule has 0 spiro atoms. The van der Waals surface area contributed by atoms with Gasteiger partial charge >= 0.3 is 0 Å². The highest BCUT2D eigenvalue weighted by Crippen LogP contribution is 2.32. The maximum absolute atomic E-state index is 12.9. The molecule has 0 saturated heterocycles. The Labute approximate surface area is 153 Å². The Balaban J connectivity index is 2.07. The van der Waals surface area contributed by atoms with Gasteiger partial charge in [0.25, 0.3) is 5.56 Å². The van der Waals surface area contributed by atoms with E-state index in [1.54, 1.807) is 11.7 Å². The predicted octanol–water partition coefficient (Wildman–Crippen LogP) is 3.78. The van der Waals surface area contributed by atoms with E-state index in [-0.39, 0.29) is 5.56 Å². The first-order valence-electron chi connectivity index (χ1n) is 7.83. The van der Waals surface area contributed by atoms with E-state index in [9.17, 15) is 4.79 Å². The average Bonchev–Trinajstić information content (AvgIpc) is 3.07. The van der Waals surface area contributed by atoms with Gasteiger partial charge in [0, 0.05) is 24.2 Å². The van der Waals surface area contributed by atoms with E-state index in [0.717, 1.165) is 15.3 Å². The Hall–Kier alpha value is -2.14. The summed E-state index contributed by atoms with van der Waals surface area (Å²) >= 11 is 2.95. The summed E-state index contributed by atoms with van der Waals surface area (Å²) in [5.41, 5.74) is 1.02. The molecule has 3 aromatic rings. The quantitative estimate of drug-likeness (QED) is 0.359. The molecule has 0 aliphatic carbocycles. The molecule has 2 aromatic heterocycles. The molecule has 7 heteroatoms. The first-order chi connectivity index (χ1) is 12.2. The van der Waals surface area contributed by atoms with Crippen LogP contribution >= 0.6 is 23.1 Å². The third-order valence-corrected chi connectivity index (χ3v) is 5.69. The largest absolute Gasteiger partial charge is 0.383 e. The summed E-state index contributed by atoms with van der Waals surface area (Å²) in [6.45, 7) is 0.887. The number of benzene rings is 1. The van der Waals surface area contributed by atoms with Crippen molar-refractivity contribution >= 4 is 33.3 Å². The summed E-state index contributed by atoms with van der Waals surface area (Å²) in [4.78, 5) is 19.4. The SMILES string of the molecule is COCCn1c(SCCC#N)nc2sc(-c3ccccc3)cc2c1=O.